The number of carbonyl (C=O) groups is 2. The van der Waals surface area contributed by atoms with Gasteiger partial charge in [-0.3, -0.25) is 10.1 Å². The molecule has 1 saturated heterocycles. The van der Waals surface area contributed by atoms with Gasteiger partial charge in [-0.25, -0.2) is 4.79 Å². The summed E-state index contributed by atoms with van der Waals surface area (Å²) in [6.07, 6.45) is 1.60. The molecule has 1 aliphatic rings. The molecular weight excluding hydrogens is 210 g/mol. The van der Waals surface area contributed by atoms with Crippen molar-refractivity contribution >= 4 is 11.9 Å². The summed E-state index contributed by atoms with van der Waals surface area (Å²) >= 11 is 0. The Morgan fingerprint density at radius 2 is 2.38 bits per heavy atom. The molecule has 2 unspecified atom stereocenters. The van der Waals surface area contributed by atoms with E-state index in [4.69, 9.17) is 10.5 Å². The van der Waals surface area contributed by atoms with Crippen LogP contribution in [0.5, 0.6) is 0 Å². The standard InChI is InChI=1S/C10H19N3O3/c1-7(9(14)13-10(11)15)16-6-8-3-2-4-12-5-8/h7-8,12H,2-6H2,1H3,(H3,11,13,14,15). The first-order chi connectivity index (χ1) is 7.59. The van der Waals surface area contributed by atoms with Crippen molar-refractivity contribution < 1.29 is 14.3 Å². The first kappa shape index (κ1) is 12.9. The molecule has 0 aromatic carbocycles. The molecule has 4 N–H and O–H groups in total. The Balaban J connectivity index is 2.20. The highest BCUT2D eigenvalue weighted by Crippen LogP contribution is 2.10. The molecule has 0 aromatic rings. The Kier molecular flexibility index (Phi) is 5.21. The first-order valence-electron chi connectivity index (χ1n) is 5.52. The monoisotopic (exact) mass is 229 g/mol. The molecule has 3 amide bonds. The summed E-state index contributed by atoms with van der Waals surface area (Å²) in [6.45, 7) is 4.10. The lowest BCUT2D eigenvalue weighted by molar-refractivity contribution is -0.131. The highest BCUT2D eigenvalue weighted by molar-refractivity contribution is 5.95. The lowest BCUT2D eigenvalue weighted by Gasteiger charge is -2.23. The summed E-state index contributed by atoms with van der Waals surface area (Å²) in [6, 6.07) is -0.847. The Hall–Kier alpha value is -1.14. The van der Waals surface area contributed by atoms with Crippen LogP contribution < -0.4 is 16.4 Å². The number of carbonyl (C=O) groups excluding carboxylic acids is 2. The molecule has 0 saturated carbocycles. The molecule has 0 aliphatic carbocycles. The van der Waals surface area contributed by atoms with Gasteiger partial charge in [0, 0.05) is 6.54 Å². The van der Waals surface area contributed by atoms with Crippen molar-refractivity contribution in [3.63, 3.8) is 0 Å². The summed E-state index contributed by atoms with van der Waals surface area (Å²) in [5.74, 6) is -0.0474. The quantitative estimate of drug-likeness (QED) is 0.610. The maximum Gasteiger partial charge on any atom is 0.318 e. The fraction of sp³-hybridized carbons (Fsp3) is 0.800. The van der Waals surface area contributed by atoms with Crippen LogP contribution in [0, 0.1) is 5.92 Å². The minimum atomic E-state index is -0.847. The van der Waals surface area contributed by atoms with Crippen molar-refractivity contribution in [2.75, 3.05) is 19.7 Å². The van der Waals surface area contributed by atoms with E-state index in [1.54, 1.807) is 6.92 Å². The van der Waals surface area contributed by atoms with Gasteiger partial charge < -0.3 is 15.8 Å². The summed E-state index contributed by atoms with van der Waals surface area (Å²) in [5.41, 5.74) is 4.83. The van der Waals surface area contributed by atoms with Gasteiger partial charge in [-0.1, -0.05) is 0 Å². The SMILES string of the molecule is CC(OCC1CCCNC1)C(=O)NC(N)=O. The Bertz CT molecular complexity index is 252. The molecule has 0 aromatic heterocycles. The van der Waals surface area contributed by atoms with Crippen LogP contribution >= 0.6 is 0 Å². The molecular formula is C10H19N3O3. The number of hydrogen-bond acceptors (Lipinski definition) is 4. The maximum atomic E-state index is 11.3. The van der Waals surface area contributed by atoms with Crippen LogP contribution in [0.25, 0.3) is 0 Å². The van der Waals surface area contributed by atoms with Crippen LogP contribution in [0.1, 0.15) is 19.8 Å². The molecule has 1 heterocycles. The molecule has 2 atom stereocenters. The molecule has 1 fully saturated rings. The van der Waals surface area contributed by atoms with Crippen LogP contribution in [0.3, 0.4) is 0 Å². The normalized spacial score (nSPS) is 22.4. The average molecular weight is 229 g/mol. The zero-order chi connectivity index (χ0) is 12.0. The van der Waals surface area contributed by atoms with Crippen molar-refractivity contribution in [1.29, 1.82) is 0 Å². The van der Waals surface area contributed by atoms with Crippen molar-refractivity contribution in [2.24, 2.45) is 11.7 Å². The topological polar surface area (TPSA) is 93.4 Å². The number of piperidine rings is 1. The van der Waals surface area contributed by atoms with Gasteiger partial charge in [0.15, 0.2) is 0 Å². The number of primary amides is 1. The van der Waals surface area contributed by atoms with Gasteiger partial charge in [0.05, 0.1) is 6.61 Å². The van der Waals surface area contributed by atoms with E-state index in [1.807, 2.05) is 5.32 Å². The van der Waals surface area contributed by atoms with E-state index in [0.717, 1.165) is 25.9 Å². The third kappa shape index (κ3) is 4.59. The van der Waals surface area contributed by atoms with Crippen LogP contribution in [0.2, 0.25) is 0 Å². The lowest BCUT2D eigenvalue weighted by atomic mass is 10.0. The summed E-state index contributed by atoms with van der Waals surface area (Å²) in [4.78, 5) is 21.7. The predicted octanol–water partition coefficient (Wildman–Crippen LogP) is -0.414. The molecule has 1 rings (SSSR count). The zero-order valence-corrected chi connectivity index (χ0v) is 9.49. The van der Waals surface area contributed by atoms with Crippen molar-refractivity contribution in [3.8, 4) is 0 Å². The van der Waals surface area contributed by atoms with Gasteiger partial charge in [-0.05, 0) is 32.2 Å². The summed E-state index contributed by atoms with van der Waals surface area (Å²) in [5, 5.41) is 5.25. The van der Waals surface area contributed by atoms with Gasteiger partial charge in [0.2, 0.25) is 0 Å². The minimum absolute atomic E-state index is 0.442. The second-order valence-corrected chi connectivity index (χ2v) is 4.04. The Morgan fingerprint density at radius 3 is 2.94 bits per heavy atom. The van der Waals surface area contributed by atoms with E-state index in [0.29, 0.717) is 12.5 Å². The summed E-state index contributed by atoms with van der Waals surface area (Å²) < 4.78 is 5.38. The number of rotatable bonds is 4. The molecule has 6 heteroatoms. The van der Waals surface area contributed by atoms with E-state index in [1.165, 1.54) is 0 Å². The zero-order valence-electron chi connectivity index (χ0n) is 9.49. The van der Waals surface area contributed by atoms with E-state index >= 15 is 0 Å². The fourth-order valence-electron chi connectivity index (χ4n) is 1.65. The average Bonchev–Trinajstić information content (AvgIpc) is 2.26. The summed E-state index contributed by atoms with van der Waals surface area (Å²) in [7, 11) is 0. The number of nitrogens with one attached hydrogen (secondary N) is 2. The predicted molar refractivity (Wildman–Crippen MR) is 58.7 cm³/mol. The molecule has 0 radical (unpaired) electrons. The van der Waals surface area contributed by atoms with Gasteiger partial charge in [0.25, 0.3) is 5.91 Å². The highest BCUT2D eigenvalue weighted by atomic mass is 16.5. The Morgan fingerprint density at radius 1 is 1.62 bits per heavy atom. The third-order valence-electron chi connectivity index (χ3n) is 2.60. The van der Waals surface area contributed by atoms with Crippen molar-refractivity contribution in [1.82, 2.24) is 10.6 Å². The second kappa shape index (κ2) is 6.44. The second-order valence-electron chi connectivity index (χ2n) is 4.04. The Labute approximate surface area is 94.9 Å². The number of ether oxygens (including phenoxy) is 1. The number of hydrogen-bond donors (Lipinski definition) is 3. The minimum Gasteiger partial charge on any atom is -0.368 e. The smallest absolute Gasteiger partial charge is 0.318 e. The van der Waals surface area contributed by atoms with Crippen LogP contribution in [-0.2, 0) is 9.53 Å². The molecule has 0 spiro atoms. The maximum absolute atomic E-state index is 11.3. The van der Waals surface area contributed by atoms with Crippen molar-refractivity contribution in [2.45, 2.75) is 25.9 Å². The molecule has 6 nitrogen and oxygen atoms in total. The largest absolute Gasteiger partial charge is 0.368 e. The first-order valence-corrected chi connectivity index (χ1v) is 5.52. The van der Waals surface area contributed by atoms with E-state index in [-0.39, 0.29) is 0 Å². The molecule has 1 aliphatic heterocycles. The van der Waals surface area contributed by atoms with Gasteiger partial charge in [-0.15, -0.1) is 0 Å². The fourth-order valence-corrected chi connectivity index (χ4v) is 1.65. The van der Waals surface area contributed by atoms with Gasteiger partial charge >= 0.3 is 6.03 Å². The van der Waals surface area contributed by atoms with Crippen LogP contribution in [-0.4, -0.2) is 37.7 Å². The highest BCUT2D eigenvalue weighted by Gasteiger charge is 2.18. The molecule has 0 bridgehead atoms. The number of amides is 3. The van der Waals surface area contributed by atoms with Crippen LogP contribution in [0.15, 0.2) is 0 Å². The lowest BCUT2D eigenvalue weighted by Crippen LogP contribution is -2.42. The third-order valence-corrected chi connectivity index (χ3v) is 2.60. The van der Waals surface area contributed by atoms with Crippen LogP contribution in [0.4, 0.5) is 4.79 Å². The molecule has 92 valence electrons. The number of nitrogens with two attached hydrogens (primary N) is 1. The van der Waals surface area contributed by atoms with Gasteiger partial charge in [-0.2, -0.15) is 0 Å². The number of urea groups is 1. The number of imide groups is 1. The van der Waals surface area contributed by atoms with Crippen molar-refractivity contribution in [3.05, 3.63) is 0 Å². The van der Waals surface area contributed by atoms with E-state index < -0.39 is 18.0 Å². The molecule has 16 heavy (non-hydrogen) atoms. The van der Waals surface area contributed by atoms with E-state index in [2.05, 4.69) is 5.32 Å². The van der Waals surface area contributed by atoms with E-state index in [9.17, 15) is 9.59 Å². The van der Waals surface area contributed by atoms with Gasteiger partial charge in [0.1, 0.15) is 6.10 Å².